The van der Waals surface area contributed by atoms with Crippen LogP contribution in [0.15, 0.2) is 24.3 Å². The van der Waals surface area contributed by atoms with Gasteiger partial charge in [0, 0.05) is 6.54 Å². The smallest absolute Gasteiger partial charge is 0.323 e. The summed E-state index contributed by atoms with van der Waals surface area (Å²) < 4.78 is 0. The number of carboxylic acids is 1. The number of carboxylic acid groups (broad SMARTS) is 1. The topological polar surface area (TPSA) is 95.0 Å². The molecule has 7 nitrogen and oxygen atoms in total. The molecule has 1 aliphatic heterocycles. The molecule has 128 valence electrons. The van der Waals surface area contributed by atoms with Crippen molar-refractivity contribution in [3.63, 3.8) is 0 Å². The third kappa shape index (κ3) is 3.02. The number of aliphatic carboxylic acids is 1. The number of imide groups is 1. The average molecular weight is 332 g/mol. The average Bonchev–Trinajstić information content (AvgIpc) is 2.78. The predicted octanol–water partition coefficient (Wildman–Crippen LogP) is 1.24. The van der Waals surface area contributed by atoms with Gasteiger partial charge in [0.2, 0.25) is 5.91 Å². The van der Waals surface area contributed by atoms with Crippen LogP contribution >= 0.6 is 0 Å². The lowest BCUT2D eigenvalue weighted by atomic mass is 10.0. The molecule has 0 aromatic heterocycles. The van der Waals surface area contributed by atoms with Crippen molar-refractivity contribution in [2.45, 2.75) is 26.8 Å². The highest BCUT2D eigenvalue weighted by Gasteiger charge is 2.45. The van der Waals surface area contributed by atoms with Crippen molar-refractivity contribution in [3.8, 4) is 0 Å². The van der Waals surface area contributed by atoms with E-state index in [2.05, 4.69) is 0 Å². The molecule has 1 aliphatic rings. The van der Waals surface area contributed by atoms with Crippen LogP contribution in [-0.4, -0.2) is 57.7 Å². The Kier molecular flexibility index (Phi) is 5.02. The molecule has 1 heterocycles. The highest BCUT2D eigenvalue weighted by Crippen LogP contribution is 2.28. The summed E-state index contributed by atoms with van der Waals surface area (Å²) in [5.74, 6) is -3.06. The predicted molar refractivity (Wildman–Crippen MR) is 85.5 cm³/mol. The molecule has 0 aliphatic carbocycles. The van der Waals surface area contributed by atoms with E-state index in [0.29, 0.717) is 0 Å². The van der Waals surface area contributed by atoms with E-state index in [-0.39, 0.29) is 23.6 Å². The molecular formula is C17H20N2O5. The van der Waals surface area contributed by atoms with Crippen molar-refractivity contribution in [2.75, 3.05) is 13.1 Å². The van der Waals surface area contributed by atoms with Gasteiger partial charge in [0.1, 0.15) is 12.6 Å². The second-order valence-electron chi connectivity index (χ2n) is 5.96. The Balaban J connectivity index is 2.39. The molecule has 0 saturated carbocycles. The lowest BCUT2D eigenvalue weighted by molar-refractivity contribution is -0.146. The molecule has 24 heavy (non-hydrogen) atoms. The Morgan fingerprint density at radius 2 is 1.62 bits per heavy atom. The van der Waals surface area contributed by atoms with Crippen LogP contribution in [0.3, 0.4) is 0 Å². The Morgan fingerprint density at radius 1 is 1.12 bits per heavy atom. The van der Waals surface area contributed by atoms with Gasteiger partial charge in [-0.2, -0.15) is 0 Å². The molecule has 1 unspecified atom stereocenters. The van der Waals surface area contributed by atoms with Crippen molar-refractivity contribution in [1.29, 1.82) is 0 Å². The van der Waals surface area contributed by atoms with Crippen LogP contribution < -0.4 is 0 Å². The van der Waals surface area contributed by atoms with E-state index in [0.717, 1.165) is 9.80 Å². The minimum atomic E-state index is -1.14. The molecule has 1 atom stereocenters. The molecule has 7 heteroatoms. The molecule has 2 rings (SSSR count). The number of carbonyl (C=O) groups is 4. The van der Waals surface area contributed by atoms with Crippen LogP contribution in [0.1, 0.15) is 41.5 Å². The number of hydrogen-bond acceptors (Lipinski definition) is 4. The molecule has 0 spiro atoms. The third-order valence-electron chi connectivity index (χ3n) is 4.01. The summed E-state index contributed by atoms with van der Waals surface area (Å²) in [5, 5.41) is 8.95. The number of rotatable bonds is 6. The Morgan fingerprint density at radius 3 is 2.00 bits per heavy atom. The molecule has 1 aromatic rings. The van der Waals surface area contributed by atoms with Gasteiger partial charge in [-0.05, 0) is 25.0 Å². The fourth-order valence-electron chi connectivity index (χ4n) is 2.85. The highest BCUT2D eigenvalue weighted by atomic mass is 16.4. The van der Waals surface area contributed by atoms with Crippen molar-refractivity contribution >= 4 is 23.7 Å². The molecule has 3 amide bonds. The molecule has 1 aromatic carbocycles. The first-order chi connectivity index (χ1) is 11.3. The Labute approximate surface area is 139 Å². The largest absolute Gasteiger partial charge is 0.480 e. The number of amides is 3. The van der Waals surface area contributed by atoms with E-state index in [1.807, 2.05) is 0 Å². The molecule has 0 bridgehead atoms. The number of fused-ring (bicyclic) bond motifs is 1. The van der Waals surface area contributed by atoms with Gasteiger partial charge in [0.05, 0.1) is 11.1 Å². The highest BCUT2D eigenvalue weighted by molar-refractivity contribution is 6.22. The number of carbonyl (C=O) groups excluding carboxylic acids is 3. The zero-order valence-electron chi connectivity index (χ0n) is 13.9. The van der Waals surface area contributed by atoms with Gasteiger partial charge in [0.15, 0.2) is 0 Å². The maximum atomic E-state index is 12.8. The fourth-order valence-corrected chi connectivity index (χ4v) is 2.85. The van der Waals surface area contributed by atoms with Gasteiger partial charge in [-0.15, -0.1) is 0 Å². The first kappa shape index (κ1) is 17.7. The monoisotopic (exact) mass is 332 g/mol. The summed E-state index contributed by atoms with van der Waals surface area (Å²) in [6.45, 7) is 4.81. The third-order valence-corrected chi connectivity index (χ3v) is 4.01. The van der Waals surface area contributed by atoms with Crippen molar-refractivity contribution in [2.24, 2.45) is 5.92 Å². The summed E-state index contributed by atoms with van der Waals surface area (Å²) in [4.78, 5) is 51.1. The number of hydrogen-bond donors (Lipinski definition) is 1. The molecular weight excluding hydrogens is 312 g/mol. The van der Waals surface area contributed by atoms with E-state index in [4.69, 9.17) is 5.11 Å². The number of likely N-dealkylation sites (N-methyl/N-ethyl adjacent to an activating group) is 1. The number of benzene rings is 1. The van der Waals surface area contributed by atoms with Gasteiger partial charge >= 0.3 is 5.97 Å². The molecule has 0 saturated heterocycles. The zero-order valence-corrected chi connectivity index (χ0v) is 13.9. The van der Waals surface area contributed by atoms with Gasteiger partial charge in [-0.1, -0.05) is 26.0 Å². The van der Waals surface area contributed by atoms with Crippen LogP contribution in [0.25, 0.3) is 0 Å². The van der Waals surface area contributed by atoms with Crippen LogP contribution in [0.5, 0.6) is 0 Å². The maximum absolute atomic E-state index is 12.8. The lowest BCUT2D eigenvalue weighted by Gasteiger charge is -2.32. The summed E-state index contributed by atoms with van der Waals surface area (Å²) in [7, 11) is 0. The van der Waals surface area contributed by atoms with E-state index < -0.39 is 36.3 Å². The maximum Gasteiger partial charge on any atom is 0.323 e. The Hall–Kier alpha value is -2.70. The second-order valence-corrected chi connectivity index (χ2v) is 5.96. The van der Waals surface area contributed by atoms with Gasteiger partial charge in [0.25, 0.3) is 11.8 Å². The van der Waals surface area contributed by atoms with Crippen LogP contribution in [0.4, 0.5) is 0 Å². The zero-order chi connectivity index (χ0) is 18.0. The normalized spacial score (nSPS) is 14.8. The van der Waals surface area contributed by atoms with Crippen LogP contribution in [0, 0.1) is 5.92 Å². The summed E-state index contributed by atoms with van der Waals surface area (Å²) >= 11 is 0. The van der Waals surface area contributed by atoms with Crippen molar-refractivity contribution < 1.29 is 24.3 Å². The molecule has 0 radical (unpaired) electrons. The first-order valence-electron chi connectivity index (χ1n) is 7.77. The number of nitrogens with zero attached hydrogens (tertiary/aromatic N) is 2. The standard InChI is InChI=1S/C17H20N2O5/c1-4-18(9-13(20)21)17(24)14(10(2)3)19-15(22)11-7-5-6-8-12(11)16(19)23/h5-8,10,14H,4,9H2,1-3H3,(H,20,21). The Bertz CT molecular complexity index is 663. The van der Waals surface area contributed by atoms with Crippen LogP contribution in [-0.2, 0) is 9.59 Å². The van der Waals surface area contributed by atoms with Gasteiger partial charge < -0.3 is 10.0 Å². The molecule has 0 fully saturated rings. The summed E-state index contributed by atoms with van der Waals surface area (Å²) in [6.07, 6.45) is 0. The van der Waals surface area contributed by atoms with Crippen LogP contribution in [0.2, 0.25) is 0 Å². The second kappa shape index (κ2) is 6.82. The van der Waals surface area contributed by atoms with E-state index >= 15 is 0 Å². The SMILES string of the molecule is CCN(CC(=O)O)C(=O)C(C(C)C)N1C(=O)c2ccccc2C1=O. The lowest BCUT2D eigenvalue weighted by Crippen LogP contribution is -2.54. The summed E-state index contributed by atoms with van der Waals surface area (Å²) in [6, 6.07) is 5.38. The quantitative estimate of drug-likeness (QED) is 0.791. The van der Waals surface area contributed by atoms with E-state index in [9.17, 15) is 19.2 Å². The van der Waals surface area contributed by atoms with Crippen molar-refractivity contribution in [3.05, 3.63) is 35.4 Å². The van der Waals surface area contributed by atoms with E-state index in [1.54, 1.807) is 45.0 Å². The minimum absolute atomic E-state index is 0.178. The summed E-state index contributed by atoms with van der Waals surface area (Å²) in [5.41, 5.74) is 0.532. The fraction of sp³-hybridized carbons (Fsp3) is 0.412. The van der Waals surface area contributed by atoms with Gasteiger partial charge in [-0.3, -0.25) is 24.1 Å². The first-order valence-corrected chi connectivity index (χ1v) is 7.77. The van der Waals surface area contributed by atoms with Gasteiger partial charge in [-0.25, -0.2) is 0 Å². The molecule has 1 N–H and O–H groups in total. The van der Waals surface area contributed by atoms with E-state index in [1.165, 1.54) is 0 Å². The van der Waals surface area contributed by atoms with Crippen molar-refractivity contribution in [1.82, 2.24) is 9.80 Å². The minimum Gasteiger partial charge on any atom is -0.480 e.